The monoisotopic (exact) mass is 299 g/mol. The number of aromatic nitrogens is 2. The van der Waals surface area contributed by atoms with Crippen LogP contribution in [0.3, 0.4) is 0 Å². The zero-order valence-corrected chi connectivity index (χ0v) is 12.5. The lowest BCUT2D eigenvalue weighted by atomic mass is 9.79. The quantitative estimate of drug-likeness (QED) is 0.899. The molecule has 2 rings (SSSR count). The zero-order chi connectivity index (χ0) is 12.6. The van der Waals surface area contributed by atoms with Gasteiger partial charge in [-0.1, -0.05) is 26.7 Å². The largest absolute Gasteiger partial charge is 0.383 e. The van der Waals surface area contributed by atoms with Gasteiger partial charge in [-0.15, -0.1) is 0 Å². The second-order valence-electron chi connectivity index (χ2n) is 5.55. The summed E-state index contributed by atoms with van der Waals surface area (Å²) in [4.78, 5) is 0. The van der Waals surface area contributed by atoms with Gasteiger partial charge in [0.05, 0.1) is 16.2 Å². The SMILES string of the molecule is Cc1nn(C2CCCC(C(C)C)C2)c(N)c1Br. The molecule has 1 aromatic rings. The Morgan fingerprint density at radius 3 is 2.65 bits per heavy atom. The summed E-state index contributed by atoms with van der Waals surface area (Å²) in [6, 6.07) is 0.487. The van der Waals surface area contributed by atoms with Crippen molar-refractivity contribution in [2.45, 2.75) is 52.5 Å². The molecule has 0 amide bonds. The molecule has 1 fully saturated rings. The number of rotatable bonds is 2. The van der Waals surface area contributed by atoms with Crippen LogP contribution in [0.2, 0.25) is 0 Å². The summed E-state index contributed by atoms with van der Waals surface area (Å²) in [5, 5.41) is 4.57. The van der Waals surface area contributed by atoms with E-state index in [9.17, 15) is 0 Å². The van der Waals surface area contributed by atoms with Gasteiger partial charge in [0, 0.05) is 0 Å². The maximum atomic E-state index is 6.11. The van der Waals surface area contributed by atoms with Crippen LogP contribution in [0.25, 0.3) is 0 Å². The molecule has 0 aromatic carbocycles. The molecule has 0 saturated heterocycles. The first kappa shape index (κ1) is 12.9. The molecular formula is C13H22BrN3. The number of hydrogen-bond donors (Lipinski definition) is 1. The van der Waals surface area contributed by atoms with Crippen molar-refractivity contribution in [3.63, 3.8) is 0 Å². The summed E-state index contributed by atoms with van der Waals surface area (Å²) in [5.41, 5.74) is 7.10. The Bertz CT molecular complexity index is 398. The van der Waals surface area contributed by atoms with E-state index >= 15 is 0 Å². The van der Waals surface area contributed by atoms with Crippen molar-refractivity contribution in [2.24, 2.45) is 11.8 Å². The van der Waals surface area contributed by atoms with E-state index in [1.165, 1.54) is 25.7 Å². The highest BCUT2D eigenvalue weighted by Crippen LogP contribution is 2.38. The van der Waals surface area contributed by atoms with Crippen LogP contribution in [0.1, 0.15) is 51.3 Å². The molecule has 17 heavy (non-hydrogen) atoms. The summed E-state index contributed by atoms with van der Waals surface area (Å²) >= 11 is 3.50. The van der Waals surface area contributed by atoms with E-state index in [2.05, 4.69) is 34.9 Å². The van der Waals surface area contributed by atoms with Gasteiger partial charge >= 0.3 is 0 Å². The number of anilines is 1. The number of halogens is 1. The molecule has 1 saturated carbocycles. The van der Waals surface area contributed by atoms with Crippen molar-refractivity contribution in [2.75, 3.05) is 5.73 Å². The van der Waals surface area contributed by atoms with Gasteiger partial charge in [-0.3, -0.25) is 0 Å². The van der Waals surface area contributed by atoms with Crippen LogP contribution in [0.15, 0.2) is 4.47 Å². The maximum absolute atomic E-state index is 6.11. The Balaban J connectivity index is 2.19. The molecule has 2 N–H and O–H groups in total. The van der Waals surface area contributed by atoms with Gasteiger partial charge in [0.25, 0.3) is 0 Å². The lowest BCUT2D eigenvalue weighted by Crippen LogP contribution is -2.24. The molecule has 2 atom stereocenters. The molecule has 0 aliphatic heterocycles. The van der Waals surface area contributed by atoms with E-state index in [0.717, 1.165) is 27.8 Å². The van der Waals surface area contributed by atoms with Crippen molar-refractivity contribution < 1.29 is 0 Å². The van der Waals surface area contributed by atoms with Crippen molar-refractivity contribution in [3.8, 4) is 0 Å². The lowest BCUT2D eigenvalue weighted by Gasteiger charge is -2.32. The van der Waals surface area contributed by atoms with E-state index in [-0.39, 0.29) is 0 Å². The topological polar surface area (TPSA) is 43.8 Å². The van der Waals surface area contributed by atoms with Gasteiger partial charge < -0.3 is 5.73 Å². The van der Waals surface area contributed by atoms with Crippen LogP contribution in [0, 0.1) is 18.8 Å². The zero-order valence-electron chi connectivity index (χ0n) is 10.9. The number of aryl methyl sites for hydroxylation is 1. The van der Waals surface area contributed by atoms with Crippen LogP contribution >= 0.6 is 15.9 Å². The molecule has 3 nitrogen and oxygen atoms in total. The van der Waals surface area contributed by atoms with Gasteiger partial charge in [-0.2, -0.15) is 5.10 Å². The van der Waals surface area contributed by atoms with Crippen LogP contribution < -0.4 is 5.73 Å². The van der Waals surface area contributed by atoms with Crippen molar-refractivity contribution in [3.05, 3.63) is 10.2 Å². The van der Waals surface area contributed by atoms with E-state index in [0.29, 0.717) is 6.04 Å². The molecular weight excluding hydrogens is 278 g/mol. The highest BCUT2D eigenvalue weighted by Gasteiger charge is 2.27. The summed E-state index contributed by atoms with van der Waals surface area (Å²) in [6.07, 6.45) is 5.08. The molecule has 0 bridgehead atoms. The number of nitrogens with two attached hydrogens (primary N) is 1. The minimum absolute atomic E-state index is 0.487. The average molecular weight is 300 g/mol. The Labute approximate surface area is 112 Å². The van der Waals surface area contributed by atoms with Gasteiger partial charge in [-0.25, -0.2) is 4.68 Å². The third-order valence-electron chi connectivity index (χ3n) is 4.02. The second kappa shape index (κ2) is 5.01. The van der Waals surface area contributed by atoms with E-state index in [1.807, 2.05) is 11.6 Å². The first-order chi connectivity index (χ1) is 8.00. The van der Waals surface area contributed by atoms with E-state index in [4.69, 9.17) is 5.73 Å². The molecule has 96 valence electrons. The van der Waals surface area contributed by atoms with E-state index in [1.54, 1.807) is 0 Å². The summed E-state index contributed by atoms with van der Waals surface area (Å²) in [7, 11) is 0. The number of nitrogen functional groups attached to an aromatic ring is 1. The number of hydrogen-bond acceptors (Lipinski definition) is 2. The predicted octanol–water partition coefficient (Wildman–Crippen LogP) is 3.92. The summed E-state index contributed by atoms with van der Waals surface area (Å²) in [5.74, 6) is 2.37. The summed E-state index contributed by atoms with van der Waals surface area (Å²) in [6.45, 7) is 6.64. The minimum atomic E-state index is 0.487. The fourth-order valence-electron chi connectivity index (χ4n) is 2.85. The molecule has 0 radical (unpaired) electrons. The van der Waals surface area contributed by atoms with Crippen LogP contribution in [0.4, 0.5) is 5.82 Å². The Kier molecular flexibility index (Phi) is 3.81. The Morgan fingerprint density at radius 1 is 1.41 bits per heavy atom. The van der Waals surface area contributed by atoms with Crippen LogP contribution in [0.5, 0.6) is 0 Å². The van der Waals surface area contributed by atoms with Gasteiger partial charge in [-0.05, 0) is 47.5 Å². The normalized spacial score (nSPS) is 25.5. The first-order valence-corrected chi connectivity index (χ1v) is 7.30. The third-order valence-corrected chi connectivity index (χ3v) is 5.00. The highest BCUT2D eigenvalue weighted by molar-refractivity contribution is 9.10. The van der Waals surface area contributed by atoms with Crippen LogP contribution in [-0.2, 0) is 0 Å². The average Bonchev–Trinajstić information content (AvgIpc) is 2.57. The van der Waals surface area contributed by atoms with Gasteiger partial charge in [0.1, 0.15) is 5.82 Å². The molecule has 2 unspecified atom stereocenters. The van der Waals surface area contributed by atoms with Gasteiger partial charge in [0.2, 0.25) is 0 Å². The fraction of sp³-hybridized carbons (Fsp3) is 0.769. The molecule has 0 spiro atoms. The smallest absolute Gasteiger partial charge is 0.136 e. The van der Waals surface area contributed by atoms with E-state index < -0.39 is 0 Å². The molecule has 4 heteroatoms. The van der Waals surface area contributed by atoms with Crippen molar-refractivity contribution >= 4 is 21.7 Å². The Hall–Kier alpha value is -0.510. The molecule has 1 aromatic heterocycles. The van der Waals surface area contributed by atoms with Crippen LogP contribution in [-0.4, -0.2) is 9.78 Å². The van der Waals surface area contributed by atoms with Crippen molar-refractivity contribution in [1.82, 2.24) is 9.78 Å². The fourth-order valence-corrected chi connectivity index (χ4v) is 3.11. The standard InChI is InChI=1S/C13H22BrN3/c1-8(2)10-5-4-6-11(7-10)17-13(15)12(14)9(3)16-17/h8,10-11H,4-7,15H2,1-3H3. The first-order valence-electron chi connectivity index (χ1n) is 6.50. The minimum Gasteiger partial charge on any atom is -0.383 e. The predicted molar refractivity (Wildman–Crippen MR) is 74.9 cm³/mol. The molecule has 1 aliphatic carbocycles. The lowest BCUT2D eigenvalue weighted by molar-refractivity contribution is 0.208. The third kappa shape index (κ3) is 2.51. The van der Waals surface area contributed by atoms with Crippen molar-refractivity contribution in [1.29, 1.82) is 0 Å². The summed E-state index contributed by atoms with van der Waals surface area (Å²) < 4.78 is 3.00. The molecule has 1 aliphatic rings. The van der Waals surface area contributed by atoms with Gasteiger partial charge in [0.15, 0.2) is 0 Å². The highest BCUT2D eigenvalue weighted by atomic mass is 79.9. The second-order valence-corrected chi connectivity index (χ2v) is 6.35. The maximum Gasteiger partial charge on any atom is 0.136 e. The molecule has 1 heterocycles. The number of nitrogens with zero attached hydrogens (tertiary/aromatic N) is 2. The Morgan fingerprint density at radius 2 is 2.12 bits per heavy atom.